The zero-order valence-electron chi connectivity index (χ0n) is 27.6. The number of aromatic nitrogens is 2. The minimum atomic E-state index is 0.140. The first-order chi connectivity index (χ1) is 23.7. The third-order valence-electron chi connectivity index (χ3n) is 10.9. The number of benzene rings is 4. The third-order valence-corrected chi connectivity index (χ3v) is 10.9. The van der Waals surface area contributed by atoms with E-state index in [1.165, 1.54) is 55.4 Å². The summed E-state index contributed by atoms with van der Waals surface area (Å²) in [4.78, 5) is 5.02. The monoisotopic (exact) mass is 630 g/mol. The largest absolute Gasteiger partial charge is 0.345 e. The molecular weight excluding hydrogens is 591 g/mol. The van der Waals surface area contributed by atoms with E-state index in [-0.39, 0.29) is 12.1 Å². The standard InChI is InChI=1S/C41H40N7/c1-28-39-34(32-17-9-11-19-37(32)47(39)25-30-13-5-3-6-14-30)21-23-45(28)27-36-41(43-44-42-36)46-24-22-35-33-18-10-12-20-38(33)48(40(35)29(46)2)26-31-15-7-4-8-16-31/h3-20,28-29H,21-27H2,1-2H3. The van der Waals surface area contributed by atoms with Crippen LogP contribution in [-0.4, -0.2) is 38.6 Å². The van der Waals surface area contributed by atoms with Crippen LogP contribution in [0.2, 0.25) is 0 Å². The Morgan fingerprint density at radius 3 is 1.71 bits per heavy atom. The summed E-state index contributed by atoms with van der Waals surface area (Å²) in [6.07, 6.45) is 1.99. The van der Waals surface area contributed by atoms with Crippen LogP contribution in [-0.2, 0) is 25.9 Å². The maximum Gasteiger partial charge on any atom is 0.178 e. The molecular formula is C41H40N7. The van der Waals surface area contributed by atoms with Crippen molar-refractivity contribution in [3.8, 4) is 0 Å². The third kappa shape index (κ3) is 4.75. The molecule has 1 radical (unpaired) electrons. The van der Waals surface area contributed by atoms with Crippen molar-refractivity contribution in [2.75, 3.05) is 19.6 Å². The zero-order valence-corrected chi connectivity index (χ0v) is 27.6. The van der Waals surface area contributed by atoms with Gasteiger partial charge in [0.15, 0.2) is 5.82 Å². The fourth-order valence-electron chi connectivity index (χ4n) is 8.58. The van der Waals surface area contributed by atoms with Gasteiger partial charge in [0.1, 0.15) is 5.70 Å². The van der Waals surface area contributed by atoms with Gasteiger partial charge in [-0.1, -0.05) is 97.1 Å². The molecule has 239 valence electrons. The first kappa shape index (κ1) is 29.0. The molecule has 2 atom stereocenters. The average molecular weight is 631 g/mol. The van der Waals surface area contributed by atoms with Crippen LogP contribution in [0.15, 0.2) is 131 Å². The highest BCUT2D eigenvalue weighted by Crippen LogP contribution is 2.42. The first-order valence-electron chi connectivity index (χ1n) is 17.3. The average Bonchev–Trinajstić information content (AvgIpc) is 3.81. The molecule has 4 aromatic carbocycles. The van der Waals surface area contributed by atoms with Crippen molar-refractivity contribution in [2.45, 2.75) is 51.9 Å². The molecule has 48 heavy (non-hydrogen) atoms. The molecule has 0 aliphatic carbocycles. The van der Waals surface area contributed by atoms with Crippen LogP contribution < -0.4 is 5.43 Å². The Balaban J connectivity index is 1.05. The van der Waals surface area contributed by atoms with E-state index < -0.39 is 0 Å². The van der Waals surface area contributed by atoms with Crippen molar-refractivity contribution >= 4 is 21.8 Å². The number of para-hydroxylation sites is 2. The number of nitrogens with zero attached hydrogens (tertiary/aromatic N) is 7. The highest BCUT2D eigenvalue weighted by Gasteiger charge is 2.36. The molecule has 7 heteroatoms. The maximum absolute atomic E-state index is 4.70. The summed E-state index contributed by atoms with van der Waals surface area (Å²) in [5.74, 6) is 0.924. The fraction of sp³-hybridized carbons (Fsp3) is 0.268. The lowest BCUT2D eigenvalue weighted by molar-refractivity contribution is 0.199. The van der Waals surface area contributed by atoms with Crippen molar-refractivity contribution < 1.29 is 0 Å². The molecule has 2 aromatic heterocycles. The van der Waals surface area contributed by atoms with Gasteiger partial charge in [0.2, 0.25) is 0 Å². The van der Waals surface area contributed by atoms with Crippen molar-refractivity contribution in [2.24, 2.45) is 10.3 Å². The van der Waals surface area contributed by atoms with E-state index >= 15 is 0 Å². The van der Waals surface area contributed by atoms with Crippen LogP contribution in [0.4, 0.5) is 0 Å². The molecule has 3 aliphatic heterocycles. The minimum Gasteiger partial charge on any atom is -0.345 e. The Kier molecular flexibility index (Phi) is 7.16. The highest BCUT2D eigenvalue weighted by atomic mass is 15.5. The molecule has 9 rings (SSSR count). The van der Waals surface area contributed by atoms with Crippen LogP contribution in [0.3, 0.4) is 0 Å². The number of hydrogen-bond acceptors (Lipinski definition) is 4. The van der Waals surface area contributed by atoms with Crippen LogP contribution >= 0.6 is 0 Å². The van der Waals surface area contributed by atoms with Gasteiger partial charge in [-0.25, -0.2) is 0 Å². The van der Waals surface area contributed by atoms with Crippen molar-refractivity contribution in [1.29, 1.82) is 0 Å². The number of rotatable bonds is 7. The van der Waals surface area contributed by atoms with Gasteiger partial charge in [-0.05, 0) is 66.3 Å². The lowest BCUT2D eigenvalue weighted by Crippen LogP contribution is -2.39. The Morgan fingerprint density at radius 2 is 1.10 bits per heavy atom. The van der Waals surface area contributed by atoms with Gasteiger partial charge in [-0.2, -0.15) is 0 Å². The van der Waals surface area contributed by atoms with E-state index in [4.69, 9.17) is 5.43 Å². The topological polar surface area (TPSA) is 55.2 Å². The van der Waals surface area contributed by atoms with Crippen molar-refractivity contribution in [1.82, 2.24) is 24.4 Å². The molecule has 0 bridgehead atoms. The summed E-state index contributed by atoms with van der Waals surface area (Å²) in [6.45, 7) is 8.99. The summed E-state index contributed by atoms with van der Waals surface area (Å²) < 4.78 is 5.08. The van der Waals surface area contributed by atoms with E-state index in [1.54, 1.807) is 0 Å². The van der Waals surface area contributed by atoms with Gasteiger partial charge >= 0.3 is 0 Å². The molecule has 2 unspecified atom stereocenters. The normalized spacial score (nSPS) is 19.2. The van der Waals surface area contributed by atoms with E-state index in [2.05, 4.69) is 152 Å². The van der Waals surface area contributed by atoms with Gasteiger partial charge in [0, 0.05) is 72.0 Å². The molecule has 0 N–H and O–H groups in total. The van der Waals surface area contributed by atoms with Crippen LogP contribution in [0.25, 0.3) is 21.8 Å². The van der Waals surface area contributed by atoms with Gasteiger partial charge in [-0.15, -0.1) is 10.5 Å². The van der Waals surface area contributed by atoms with E-state index in [1.807, 2.05) is 0 Å². The van der Waals surface area contributed by atoms with Gasteiger partial charge < -0.3 is 14.0 Å². The molecule has 5 heterocycles. The van der Waals surface area contributed by atoms with Crippen molar-refractivity contribution in [3.63, 3.8) is 0 Å². The second-order valence-electron chi connectivity index (χ2n) is 13.5. The molecule has 6 aromatic rings. The minimum absolute atomic E-state index is 0.140. The predicted molar refractivity (Wildman–Crippen MR) is 191 cm³/mol. The summed E-state index contributed by atoms with van der Waals surface area (Å²) >= 11 is 0. The second kappa shape index (κ2) is 11.8. The Morgan fingerprint density at radius 1 is 0.583 bits per heavy atom. The number of hydrogen-bond donors (Lipinski definition) is 0. The summed E-state index contributed by atoms with van der Waals surface area (Å²) in [6, 6.07) is 39.8. The lowest BCUT2D eigenvalue weighted by atomic mass is 9.97. The maximum atomic E-state index is 4.70. The molecule has 0 amide bonds. The van der Waals surface area contributed by atoms with Crippen molar-refractivity contribution in [3.05, 3.63) is 154 Å². The zero-order chi connectivity index (χ0) is 32.2. The van der Waals surface area contributed by atoms with Crippen LogP contribution in [0.5, 0.6) is 0 Å². The Labute approximate surface area is 281 Å². The second-order valence-corrected chi connectivity index (χ2v) is 13.5. The fourth-order valence-corrected chi connectivity index (χ4v) is 8.58. The smallest absolute Gasteiger partial charge is 0.178 e. The van der Waals surface area contributed by atoms with E-state index in [9.17, 15) is 0 Å². The molecule has 0 saturated heterocycles. The Bertz CT molecular complexity index is 2190. The SMILES string of the molecule is CC1c2c(c3ccccc3n2Cc2ccccc2)CCN1CC1=C(N2CCc3c(n(Cc4ccccc4)c4ccccc34)C2C)[N]N=N1. The lowest BCUT2D eigenvalue weighted by Gasteiger charge is -2.38. The molecule has 7 nitrogen and oxygen atoms in total. The van der Waals surface area contributed by atoms with E-state index in [0.717, 1.165) is 57.1 Å². The first-order valence-corrected chi connectivity index (χ1v) is 17.3. The summed E-state index contributed by atoms with van der Waals surface area (Å²) in [5.41, 5.74) is 16.7. The van der Waals surface area contributed by atoms with Crippen LogP contribution in [0, 0.1) is 0 Å². The van der Waals surface area contributed by atoms with Crippen LogP contribution in [0.1, 0.15) is 59.6 Å². The summed E-state index contributed by atoms with van der Waals surface area (Å²) in [7, 11) is 0. The summed E-state index contributed by atoms with van der Waals surface area (Å²) in [5, 5.41) is 11.7. The predicted octanol–water partition coefficient (Wildman–Crippen LogP) is 8.39. The molecule has 0 fully saturated rings. The molecule has 3 aliphatic rings. The Hall–Kier alpha value is -5.14. The van der Waals surface area contributed by atoms with E-state index in [0.29, 0.717) is 0 Å². The number of fused-ring (bicyclic) bond motifs is 6. The van der Waals surface area contributed by atoms with Gasteiger partial charge in [0.05, 0.1) is 6.04 Å². The highest BCUT2D eigenvalue weighted by molar-refractivity contribution is 5.87. The molecule has 0 spiro atoms. The molecule has 0 saturated carbocycles. The van der Waals surface area contributed by atoms with Gasteiger partial charge in [-0.3, -0.25) is 4.90 Å². The quantitative estimate of drug-likeness (QED) is 0.178. The van der Waals surface area contributed by atoms with Gasteiger partial charge in [0.25, 0.3) is 0 Å².